The third-order valence-corrected chi connectivity index (χ3v) is 4.95. The second kappa shape index (κ2) is 8.56. The lowest BCUT2D eigenvalue weighted by Gasteiger charge is -2.19. The standard InChI is InChI=1S/C21H14ClFN6O3/c1-29-19-16(6-13(23)8-26-19)32-10-15(21(29)31)27-20(30)18-25-9-14(22)17(28-18)12-4-2-3-11(5-12)7-24/h2-6,8-9,15H,10H2,1H3,(H,27,30)/t15-/m0/s1. The van der Waals surface area contributed by atoms with Crippen molar-refractivity contribution in [2.24, 2.45) is 0 Å². The van der Waals surface area contributed by atoms with E-state index in [1.807, 2.05) is 6.07 Å². The van der Waals surface area contributed by atoms with Crippen LogP contribution in [0, 0.1) is 17.1 Å². The van der Waals surface area contributed by atoms with Gasteiger partial charge < -0.3 is 10.1 Å². The van der Waals surface area contributed by atoms with E-state index < -0.39 is 23.7 Å². The Morgan fingerprint density at radius 3 is 2.94 bits per heavy atom. The maximum atomic E-state index is 13.5. The lowest BCUT2D eigenvalue weighted by molar-refractivity contribution is -0.120. The molecule has 1 aliphatic heterocycles. The summed E-state index contributed by atoms with van der Waals surface area (Å²) in [5.74, 6) is -1.87. The summed E-state index contributed by atoms with van der Waals surface area (Å²) in [6.45, 7) is -0.238. The lowest BCUT2D eigenvalue weighted by Crippen LogP contribution is -2.49. The van der Waals surface area contributed by atoms with Gasteiger partial charge in [0.1, 0.15) is 18.5 Å². The highest BCUT2D eigenvalue weighted by Gasteiger charge is 2.32. The molecule has 0 spiro atoms. The number of fused-ring (bicyclic) bond motifs is 1. The first kappa shape index (κ1) is 21.1. The zero-order valence-corrected chi connectivity index (χ0v) is 17.3. The summed E-state index contributed by atoms with van der Waals surface area (Å²) in [5.41, 5.74) is 1.19. The Morgan fingerprint density at radius 1 is 1.34 bits per heavy atom. The molecular formula is C21H14ClFN6O3. The fourth-order valence-corrected chi connectivity index (χ4v) is 3.30. The second-order valence-electron chi connectivity index (χ2n) is 6.79. The minimum Gasteiger partial charge on any atom is -0.487 e. The number of ether oxygens (including phenoxy) is 1. The lowest BCUT2D eigenvalue weighted by atomic mass is 10.1. The van der Waals surface area contributed by atoms with Crippen LogP contribution in [0.2, 0.25) is 5.02 Å². The molecule has 0 bridgehead atoms. The number of carbonyl (C=O) groups excluding carboxylic acids is 2. The molecule has 1 aromatic carbocycles. The third-order valence-electron chi connectivity index (χ3n) is 4.67. The monoisotopic (exact) mass is 452 g/mol. The Bertz CT molecular complexity index is 1280. The molecule has 32 heavy (non-hydrogen) atoms. The van der Waals surface area contributed by atoms with Crippen LogP contribution in [-0.4, -0.2) is 46.5 Å². The highest BCUT2D eigenvalue weighted by atomic mass is 35.5. The number of nitrogens with zero attached hydrogens (tertiary/aromatic N) is 5. The Morgan fingerprint density at radius 2 is 2.16 bits per heavy atom. The van der Waals surface area contributed by atoms with Crippen molar-refractivity contribution in [3.05, 3.63) is 65.0 Å². The number of likely N-dealkylation sites (N-methyl/N-ethyl adjacent to an activating group) is 1. The summed E-state index contributed by atoms with van der Waals surface area (Å²) < 4.78 is 19.0. The van der Waals surface area contributed by atoms with E-state index in [4.69, 9.17) is 21.6 Å². The number of halogens is 2. The number of carbonyl (C=O) groups is 2. The number of anilines is 1. The van der Waals surface area contributed by atoms with Crippen molar-refractivity contribution in [2.45, 2.75) is 6.04 Å². The molecule has 0 fully saturated rings. The Kier molecular flexibility index (Phi) is 5.66. The van der Waals surface area contributed by atoms with Gasteiger partial charge in [0, 0.05) is 18.7 Å². The van der Waals surface area contributed by atoms with Crippen LogP contribution >= 0.6 is 11.6 Å². The van der Waals surface area contributed by atoms with Gasteiger partial charge in [0.05, 0.1) is 34.7 Å². The molecule has 3 heterocycles. The zero-order valence-electron chi connectivity index (χ0n) is 16.5. The molecule has 3 aromatic rings. The van der Waals surface area contributed by atoms with Crippen molar-refractivity contribution in [3.63, 3.8) is 0 Å². The van der Waals surface area contributed by atoms with Crippen molar-refractivity contribution in [2.75, 3.05) is 18.6 Å². The summed E-state index contributed by atoms with van der Waals surface area (Å²) in [4.78, 5) is 38.8. The first-order chi connectivity index (χ1) is 15.4. The molecule has 0 saturated heterocycles. The van der Waals surface area contributed by atoms with Crippen LogP contribution in [-0.2, 0) is 4.79 Å². The van der Waals surface area contributed by atoms with Gasteiger partial charge in [0.15, 0.2) is 11.6 Å². The van der Waals surface area contributed by atoms with Crippen molar-refractivity contribution in [3.8, 4) is 23.1 Å². The smallest absolute Gasteiger partial charge is 0.289 e. The zero-order chi connectivity index (χ0) is 22.8. The molecule has 2 aromatic heterocycles. The van der Waals surface area contributed by atoms with Crippen LogP contribution in [0.25, 0.3) is 11.3 Å². The van der Waals surface area contributed by atoms with Crippen LogP contribution in [0.4, 0.5) is 10.2 Å². The number of aromatic nitrogens is 3. The minimum atomic E-state index is -1.09. The van der Waals surface area contributed by atoms with E-state index in [9.17, 15) is 14.0 Å². The van der Waals surface area contributed by atoms with Gasteiger partial charge in [-0.1, -0.05) is 23.7 Å². The van der Waals surface area contributed by atoms with Gasteiger partial charge in [0.2, 0.25) is 5.82 Å². The molecule has 0 aliphatic carbocycles. The van der Waals surface area contributed by atoms with E-state index in [-0.39, 0.29) is 34.7 Å². The molecule has 4 rings (SSSR count). The summed E-state index contributed by atoms with van der Waals surface area (Å²) in [7, 11) is 1.44. The average Bonchev–Trinajstić information content (AvgIpc) is 2.91. The minimum absolute atomic E-state index is 0.0833. The molecule has 0 radical (unpaired) electrons. The van der Waals surface area contributed by atoms with E-state index >= 15 is 0 Å². The van der Waals surface area contributed by atoms with Crippen LogP contribution in [0.5, 0.6) is 5.75 Å². The highest BCUT2D eigenvalue weighted by Crippen LogP contribution is 2.29. The number of hydrogen-bond donors (Lipinski definition) is 1. The molecule has 1 N–H and O–H groups in total. The second-order valence-corrected chi connectivity index (χ2v) is 7.20. The highest BCUT2D eigenvalue weighted by molar-refractivity contribution is 6.33. The van der Waals surface area contributed by atoms with E-state index in [1.165, 1.54) is 18.1 Å². The normalized spacial score (nSPS) is 15.2. The van der Waals surface area contributed by atoms with Gasteiger partial charge in [-0.2, -0.15) is 5.26 Å². The van der Waals surface area contributed by atoms with Crippen LogP contribution in [0.15, 0.2) is 42.7 Å². The fourth-order valence-electron chi connectivity index (χ4n) is 3.10. The molecule has 2 amide bonds. The molecule has 0 saturated carbocycles. The maximum absolute atomic E-state index is 13.5. The molecular weight excluding hydrogens is 439 g/mol. The van der Waals surface area contributed by atoms with Gasteiger partial charge in [-0.3, -0.25) is 14.5 Å². The van der Waals surface area contributed by atoms with Gasteiger partial charge in [-0.25, -0.2) is 19.3 Å². The predicted octanol–water partition coefficient (Wildman–Crippen LogP) is 2.36. The van der Waals surface area contributed by atoms with Crippen LogP contribution in [0.3, 0.4) is 0 Å². The first-order valence-electron chi connectivity index (χ1n) is 9.27. The number of nitrogens with one attached hydrogen (secondary N) is 1. The average molecular weight is 453 g/mol. The van der Waals surface area contributed by atoms with Crippen LogP contribution in [0.1, 0.15) is 16.2 Å². The SMILES string of the molecule is CN1C(=O)[C@@H](NC(=O)c2ncc(Cl)c(-c3cccc(C#N)c3)n2)COc2cc(F)cnc21. The van der Waals surface area contributed by atoms with Crippen molar-refractivity contribution in [1.29, 1.82) is 5.26 Å². The summed E-state index contributed by atoms with van der Waals surface area (Å²) >= 11 is 6.19. The topological polar surface area (TPSA) is 121 Å². The van der Waals surface area contributed by atoms with E-state index in [2.05, 4.69) is 20.3 Å². The van der Waals surface area contributed by atoms with Crippen molar-refractivity contribution < 1.29 is 18.7 Å². The van der Waals surface area contributed by atoms with E-state index in [0.29, 0.717) is 11.1 Å². The van der Waals surface area contributed by atoms with Gasteiger partial charge in [0.25, 0.3) is 11.8 Å². The van der Waals surface area contributed by atoms with Gasteiger partial charge in [-0.15, -0.1) is 0 Å². The van der Waals surface area contributed by atoms with Crippen molar-refractivity contribution in [1.82, 2.24) is 20.3 Å². The molecule has 0 unspecified atom stereocenters. The number of rotatable bonds is 3. The number of amides is 2. The third kappa shape index (κ3) is 4.06. The Balaban J connectivity index is 1.58. The maximum Gasteiger partial charge on any atom is 0.289 e. The van der Waals surface area contributed by atoms with Crippen LogP contribution < -0.4 is 15.0 Å². The largest absolute Gasteiger partial charge is 0.487 e. The predicted molar refractivity (Wildman–Crippen MR) is 112 cm³/mol. The fraction of sp³-hybridized carbons (Fsp3) is 0.143. The van der Waals surface area contributed by atoms with E-state index in [1.54, 1.807) is 24.3 Å². The van der Waals surface area contributed by atoms with Gasteiger partial charge >= 0.3 is 0 Å². The van der Waals surface area contributed by atoms with Gasteiger partial charge in [-0.05, 0) is 12.1 Å². The number of hydrogen-bond acceptors (Lipinski definition) is 7. The molecule has 1 aliphatic rings. The molecule has 11 heteroatoms. The first-order valence-corrected chi connectivity index (χ1v) is 9.65. The summed E-state index contributed by atoms with van der Waals surface area (Å²) in [6.07, 6.45) is 2.23. The van der Waals surface area contributed by atoms with E-state index in [0.717, 1.165) is 12.3 Å². The molecule has 1 atom stereocenters. The number of benzene rings is 1. The quantitative estimate of drug-likeness (QED) is 0.647. The Labute approximate surface area is 186 Å². The van der Waals surface area contributed by atoms with Crippen molar-refractivity contribution >= 4 is 29.2 Å². The number of pyridine rings is 1. The summed E-state index contributed by atoms with van der Waals surface area (Å²) in [5, 5.41) is 11.8. The molecule has 9 nitrogen and oxygen atoms in total. The molecule has 160 valence electrons. The number of nitriles is 1. The summed E-state index contributed by atoms with van der Waals surface area (Å²) in [6, 6.07) is 8.61. The Hall–Kier alpha value is -4.10.